The Bertz CT molecular complexity index is 412. The SMILES string of the molecule is O=C(O)c1ccc2c(n1)C(O)C=CC2. The van der Waals surface area contributed by atoms with E-state index in [0.717, 1.165) is 5.56 Å². The van der Waals surface area contributed by atoms with Gasteiger partial charge >= 0.3 is 5.97 Å². The number of carboxylic acids is 1. The van der Waals surface area contributed by atoms with Gasteiger partial charge in [0.05, 0.1) is 5.69 Å². The molecule has 1 atom stereocenters. The van der Waals surface area contributed by atoms with Crippen molar-refractivity contribution in [2.75, 3.05) is 0 Å². The van der Waals surface area contributed by atoms with Gasteiger partial charge in [0.1, 0.15) is 11.8 Å². The highest BCUT2D eigenvalue weighted by molar-refractivity contribution is 5.85. The highest BCUT2D eigenvalue weighted by Gasteiger charge is 2.17. The van der Waals surface area contributed by atoms with Crippen LogP contribution in [0.4, 0.5) is 0 Å². The number of aromatic carboxylic acids is 1. The van der Waals surface area contributed by atoms with Gasteiger partial charge in [0.25, 0.3) is 0 Å². The molecule has 72 valence electrons. The lowest BCUT2D eigenvalue weighted by Crippen LogP contribution is -2.11. The number of rotatable bonds is 1. The zero-order valence-corrected chi connectivity index (χ0v) is 7.34. The first-order valence-electron chi connectivity index (χ1n) is 4.26. The molecule has 2 rings (SSSR count). The Morgan fingerprint density at radius 3 is 3.00 bits per heavy atom. The Morgan fingerprint density at radius 1 is 1.50 bits per heavy atom. The summed E-state index contributed by atoms with van der Waals surface area (Å²) in [6, 6.07) is 3.14. The van der Waals surface area contributed by atoms with Crippen molar-refractivity contribution < 1.29 is 15.0 Å². The molecule has 1 aliphatic rings. The molecule has 4 heteroatoms. The number of nitrogens with zero attached hydrogens (tertiary/aromatic N) is 1. The second kappa shape index (κ2) is 3.23. The molecule has 0 radical (unpaired) electrons. The lowest BCUT2D eigenvalue weighted by atomic mass is 10.00. The normalized spacial score (nSPS) is 19.1. The van der Waals surface area contributed by atoms with Gasteiger partial charge in [0.2, 0.25) is 0 Å². The molecular formula is C10H9NO3. The number of carbonyl (C=O) groups is 1. The summed E-state index contributed by atoms with van der Waals surface area (Å²) in [7, 11) is 0. The first-order chi connectivity index (χ1) is 6.68. The fourth-order valence-corrected chi connectivity index (χ4v) is 1.47. The van der Waals surface area contributed by atoms with E-state index in [4.69, 9.17) is 5.11 Å². The van der Waals surface area contributed by atoms with Crippen molar-refractivity contribution in [3.63, 3.8) is 0 Å². The van der Waals surface area contributed by atoms with Gasteiger partial charge in [-0.05, 0) is 18.1 Å². The molecule has 0 saturated carbocycles. The predicted molar refractivity (Wildman–Crippen MR) is 49.0 cm³/mol. The van der Waals surface area contributed by atoms with Crippen molar-refractivity contribution in [2.45, 2.75) is 12.5 Å². The maximum absolute atomic E-state index is 10.6. The van der Waals surface area contributed by atoms with Crippen molar-refractivity contribution in [2.24, 2.45) is 0 Å². The van der Waals surface area contributed by atoms with Gasteiger partial charge < -0.3 is 10.2 Å². The zero-order chi connectivity index (χ0) is 10.1. The molecule has 4 nitrogen and oxygen atoms in total. The van der Waals surface area contributed by atoms with E-state index in [0.29, 0.717) is 12.1 Å². The number of allylic oxidation sites excluding steroid dienone is 1. The Morgan fingerprint density at radius 2 is 2.29 bits per heavy atom. The van der Waals surface area contributed by atoms with Crippen LogP contribution in [0.25, 0.3) is 0 Å². The molecule has 1 aliphatic carbocycles. The minimum absolute atomic E-state index is 0.0295. The highest BCUT2D eigenvalue weighted by atomic mass is 16.4. The third-order valence-corrected chi connectivity index (χ3v) is 2.17. The molecule has 1 unspecified atom stereocenters. The van der Waals surface area contributed by atoms with Crippen LogP contribution in [0.2, 0.25) is 0 Å². The fraction of sp³-hybridized carbons (Fsp3) is 0.200. The fourth-order valence-electron chi connectivity index (χ4n) is 1.47. The molecule has 0 aliphatic heterocycles. The van der Waals surface area contributed by atoms with Crippen molar-refractivity contribution in [3.8, 4) is 0 Å². The molecule has 2 N–H and O–H groups in total. The molecule has 0 saturated heterocycles. The molecule has 0 spiro atoms. The van der Waals surface area contributed by atoms with Crippen LogP contribution >= 0.6 is 0 Å². The van der Waals surface area contributed by atoms with E-state index in [1.165, 1.54) is 6.07 Å². The molecule has 1 aromatic heterocycles. The van der Waals surface area contributed by atoms with Gasteiger partial charge in [0.15, 0.2) is 0 Å². The summed E-state index contributed by atoms with van der Waals surface area (Å²) in [5.74, 6) is -1.07. The van der Waals surface area contributed by atoms with Gasteiger partial charge in [0, 0.05) is 0 Å². The summed E-state index contributed by atoms with van der Waals surface area (Å²) >= 11 is 0. The average Bonchev–Trinajstić information content (AvgIpc) is 2.18. The zero-order valence-electron chi connectivity index (χ0n) is 7.34. The minimum Gasteiger partial charge on any atom is -0.477 e. The molecule has 0 fully saturated rings. The van der Waals surface area contributed by atoms with E-state index in [1.807, 2.05) is 6.08 Å². The summed E-state index contributed by atoms with van der Waals surface area (Å²) in [5, 5.41) is 18.2. The molecule has 0 bridgehead atoms. The Balaban J connectivity index is 2.49. The van der Waals surface area contributed by atoms with Crippen molar-refractivity contribution >= 4 is 5.97 Å². The summed E-state index contributed by atoms with van der Waals surface area (Å²) < 4.78 is 0. The van der Waals surface area contributed by atoms with Gasteiger partial charge in [-0.15, -0.1) is 0 Å². The average molecular weight is 191 g/mol. The largest absolute Gasteiger partial charge is 0.477 e. The quantitative estimate of drug-likeness (QED) is 0.648. The topological polar surface area (TPSA) is 70.4 Å². The van der Waals surface area contributed by atoms with Gasteiger partial charge in [-0.1, -0.05) is 18.2 Å². The van der Waals surface area contributed by atoms with Crippen LogP contribution < -0.4 is 0 Å². The molecular weight excluding hydrogens is 182 g/mol. The van der Waals surface area contributed by atoms with Crippen LogP contribution in [0, 0.1) is 0 Å². The maximum Gasteiger partial charge on any atom is 0.354 e. The number of pyridine rings is 1. The Kier molecular flexibility index (Phi) is 2.05. The summed E-state index contributed by atoms with van der Waals surface area (Å²) in [5.41, 5.74) is 1.30. The summed E-state index contributed by atoms with van der Waals surface area (Å²) in [4.78, 5) is 14.5. The van der Waals surface area contributed by atoms with Gasteiger partial charge in [-0.25, -0.2) is 9.78 Å². The van der Waals surface area contributed by atoms with Crippen molar-refractivity contribution in [3.05, 3.63) is 41.2 Å². The molecule has 14 heavy (non-hydrogen) atoms. The number of hydrogen-bond donors (Lipinski definition) is 2. The van der Waals surface area contributed by atoms with E-state index >= 15 is 0 Å². The second-order valence-corrected chi connectivity index (χ2v) is 3.12. The number of carboxylic acid groups (broad SMARTS) is 1. The van der Waals surface area contributed by atoms with Crippen LogP contribution in [0.3, 0.4) is 0 Å². The molecule has 0 amide bonds. The molecule has 1 aromatic rings. The van der Waals surface area contributed by atoms with E-state index < -0.39 is 12.1 Å². The Hall–Kier alpha value is -1.68. The number of aliphatic hydroxyl groups is 1. The lowest BCUT2D eigenvalue weighted by molar-refractivity contribution is 0.0689. The minimum atomic E-state index is -1.07. The van der Waals surface area contributed by atoms with Crippen LogP contribution in [-0.2, 0) is 6.42 Å². The molecule has 1 heterocycles. The van der Waals surface area contributed by atoms with E-state index in [1.54, 1.807) is 12.1 Å². The summed E-state index contributed by atoms with van der Waals surface area (Å²) in [6.45, 7) is 0. The van der Waals surface area contributed by atoms with Crippen molar-refractivity contribution in [1.29, 1.82) is 0 Å². The second-order valence-electron chi connectivity index (χ2n) is 3.12. The van der Waals surface area contributed by atoms with Gasteiger partial charge in [-0.2, -0.15) is 0 Å². The van der Waals surface area contributed by atoms with Gasteiger partial charge in [-0.3, -0.25) is 0 Å². The highest BCUT2D eigenvalue weighted by Crippen LogP contribution is 2.22. The van der Waals surface area contributed by atoms with E-state index in [9.17, 15) is 9.90 Å². The summed E-state index contributed by atoms with van der Waals surface area (Å²) in [6.07, 6.45) is 3.37. The third kappa shape index (κ3) is 1.40. The number of aromatic nitrogens is 1. The third-order valence-electron chi connectivity index (χ3n) is 2.17. The smallest absolute Gasteiger partial charge is 0.354 e. The van der Waals surface area contributed by atoms with E-state index in [2.05, 4.69) is 4.98 Å². The van der Waals surface area contributed by atoms with Crippen LogP contribution in [0.5, 0.6) is 0 Å². The standard InChI is InChI=1S/C10H9NO3/c12-8-3-1-2-6-4-5-7(10(13)14)11-9(6)8/h1,3-5,8,12H,2H2,(H,13,14). The maximum atomic E-state index is 10.6. The van der Waals surface area contributed by atoms with Crippen LogP contribution in [0.15, 0.2) is 24.3 Å². The van der Waals surface area contributed by atoms with E-state index in [-0.39, 0.29) is 5.69 Å². The molecule has 0 aromatic carbocycles. The monoisotopic (exact) mass is 191 g/mol. The first kappa shape index (κ1) is 8.90. The Labute approximate surface area is 80.5 Å². The van der Waals surface area contributed by atoms with Crippen LogP contribution in [0.1, 0.15) is 27.8 Å². The number of hydrogen-bond acceptors (Lipinski definition) is 3. The van der Waals surface area contributed by atoms with Crippen molar-refractivity contribution in [1.82, 2.24) is 4.98 Å². The van der Waals surface area contributed by atoms with Crippen LogP contribution in [-0.4, -0.2) is 21.2 Å². The predicted octanol–water partition coefficient (Wildman–Crippen LogP) is 0.925. The lowest BCUT2D eigenvalue weighted by Gasteiger charge is -2.15. The number of aliphatic hydroxyl groups excluding tert-OH is 1. The number of fused-ring (bicyclic) bond motifs is 1. The first-order valence-corrected chi connectivity index (χ1v) is 4.26.